The van der Waals surface area contributed by atoms with Crippen LogP contribution in [0.2, 0.25) is 5.02 Å². The average molecular weight is 376 g/mol. The molecule has 1 heterocycles. The highest BCUT2D eigenvalue weighted by atomic mass is 79.9. The normalized spacial score (nSPS) is 14.1. The van der Waals surface area contributed by atoms with E-state index in [1.807, 2.05) is 13.8 Å². The minimum absolute atomic E-state index is 0.182. The second kappa shape index (κ2) is 6.67. The monoisotopic (exact) mass is 374 g/mol. The zero-order chi connectivity index (χ0) is 13.9. The highest BCUT2D eigenvalue weighted by Gasteiger charge is 2.19. The van der Waals surface area contributed by atoms with Gasteiger partial charge in [-0.15, -0.1) is 11.3 Å². The Hall–Kier alpha value is 0.340. The van der Waals surface area contributed by atoms with Crippen molar-refractivity contribution < 1.29 is 8.42 Å². The van der Waals surface area contributed by atoms with Gasteiger partial charge in [-0.05, 0) is 34.3 Å². The number of nitrogens with two attached hydrogens (primary N) is 1. The second-order valence-corrected chi connectivity index (χ2v) is 9.20. The van der Waals surface area contributed by atoms with E-state index < -0.39 is 10.0 Å². The van der Waals surface area contributed by atoms with Gasteiger partial charge in [0.1, 0.15) is 4.21 Å². The Labute approximate surface area is 125 Å². The molecule has 1 aromatic heterocycles. The number of hydrogen-bond donors (Lipinski definition) is 2. The van der Waals surface area contributed by atoms with Gasteiger partial charge in [-0.1, -0.05) is 25.4 Å². The van der Waals surface area contributed by atoms with E-state index in [1.165, 1.54) is 6.07 Å². The van der Waals surface area contributed by atoms with Crippen molar-refractivity contribution >= 4 is 48.9 Å². The van der Waals surface area contributed by atoms with Gasteiger partial charge in [0.25, 0.3) is 0 Å². The fraction of sp³-hybridized carbons (Fsp3) is 0.600. The van der Waals surface area contributed by atoms with Crippen LogP contribution < -0.4 is 10.5 Å². The Kier molecular flexibility index (Phi) is 6.08. The first-order valence-corrected chi connectivity index (χ1v) is 8.89. The van der Waals surface area contributed by atoms with Crippen LogP contribution in [0.25, 0.3) is 0 Å². The minimum atomic E-state index is -3.52. The molecular weight excluding hydrogens is 360 g/mol. The molecule has 0 aromatic carbocycles. The summed E-state index contributed by atoms with van der Waals surface area (Å²) in [6, 6.07) is 1.24. The number of halogens is 2. The zero-order valence-electron chi connectivity index (χ0n) is 10.1. The Morgan fingerprint density at radius 1 is 1.56 bits per heavy atom. The van der Waals surface area contributed by atoms with Crippen molar-refractivity contribution in [2.45, 2.75) is 30.5 Å². The molecule has 1 rings (SSSR count). The topological polar surface area (TPSA) is 72.2 Å². The molecule has 8 heteroatoms. The van der Waals surface area contributed by atoms with Crippen LogP contribution in [0.15, 0.2) is 14.1 Å². The van der Waals surface area contributed by atoms with Crippen LogP contribution in [0.1, 0.15) is 20.3 Å². The van der Waals surface area contributed by atoms with Crippen molar-refractivity contribution in [3.63, 3.8) is 0 Å². The molecule has 0 amide bonds. The first kappa shape index (κ1) is 16.4. The third kappa shape index (κ3) is 4.79. The van der Waals surface area contributed by atoms with Crippen LogP contribution in [0.4, 0.5) is 0 Å². The van der Waals surface area contributed by atoms with Crippen molar-refractivity contribution in [3.8, 4) is 0 Å². The summed E-state index contributed by atoms with van der Waals surface area (Å²) in [6.45, 7) is 4.32. The van der Waals surface area contributed by atoms with Crippen LogP contribution in [0, 0.1) is 5.92 Å². The van der Waals surface area contributed by atoms with E-state index in [9.17, 15) is 8.42 Å². The first-order valence-electron chi connectivity index (χ1n) is 5.42. The maximum absolute atomic E-state index is 12.0. The molecule has 0 bridgehead atoms. The summed E-state index contributed by atoms with van der Waals surface area (Å²) in [5.74, 6) is 0.440. The van der Waals surface area contributed by atoms with Crippen LogP contribution in [0.5, 0.6) is 0 Å². The molecule has 0 radical (unpaired) electrons. The fourth-order valence-corrected chi connectivity index (χ4v) is 4.97. The highest BCUT2D eigenvalue weighted by molar-refractivity contribution is 9.11. The Balaban J connectivity index is 2.66. The predicted molar refractivity (Wildman–Crippen MR) is 79.6 cm³/mol. The van der Waals surface area contributed by atoms with Crippen LogP contribution in [0.3, 0.4) is 0 Å². The van der Waals surface area contributed by atoms with Gasteiger partial charge >= 0.3 is 0 Å². The molecule has 0 aliphatic heterocycles. The van der Waals surface area contributed by atoms with Crippen molar-refractivity contribution in [2.75, 3.05) is 6.54 Å². The number of hydrogen-bond acceptors (Lipinski definition) is 4. The molecule has 1 aromatic rings. The zero-order valence-corrected chi connectivity index (χ0v) is 14.1. The second-order valence-electron chi connectivity index (χ2n) is 4.43. The molecule has 0 aliphatic rings. The summed E-state index contributed by atoms with van der Waals surface area (Å²) in [5.41, 5.74) is 5.84. The van der Waals surface area contributed by atoms with Gasteiger partial charge in [0.05, 0.1) is 8.81 Å². The molecule has 0 saturated heterocycles. The summed E-state index contributed by atoms with van der Waals surface area (Å²) in [4.78, 5) is 0. The third-order valence-electron chi connectivity index (χ3n) is 2.20. The average Bonchev–Trinajstić information content (AvgIpc) is 2.56. The number of thiophene rings is 1. The van der Waals surface area contributed by atoms with Gasteiger partial charge in [0.15, 0.2) is 0 Å². The Morgan fingerprint density at radius 2 is 2.17 bits per heavy atom. The van der Waals surface area contributed by atoms with Gasteiger partial charge in [-0.3, -0.25) is 0 Å². The molecule has 0 spiro atoms. The smallest absolute Gasteiger partial charge is 0.250 e. The first-order chi connectivity index (χ1) is 8.22. The molecule has 0 fully saturated rings. The van der Waals surface area contributed by atoms with E-state index in [-0.39, 0.29) is 16.8 Å². The minimum Gasteiger partial charge on any atom is -0.327 e. The van der Waals surface area contributed by atoms with Gasteiger partial charge in [-0.25, -0.2) is 13.1 Å². The molecule has 104 valence electrons. The van der Waals surface area contributed by atoms with E-state index in [0.29, 0.717) is 14.7 Å². The number of sulfonamides is 1. The molecule has 0 saturated carbocycles. The quantitative estimate of drug-likeness (QED) is 0.803. The van der Waals surface area contributed by atoms with Crippen LogP contribution >= 0.6 is 38.9 Å². The molecule has 3 N–H and O–H groups in total. The lowest BCUT2D eigenvalue weighted by atomic mass is 10.1. The molecule has 18 heavy (non-hydrogen) atoms. The fourth-order valence-electron chi connectivity index (χ4n) is 1.44. The summed E-state index contributed by atoms with van der Waals surface area (Å²) in [6.07, 6.45) is 0.775. The predicted octanol–water partition coefficient (Wildman–Crippen LogP) is 2.82. The lowest BCUT2D eigenvalue weighted by Gasteiger charge is -2.14. The molecule has 4 nitrogen and oxygen atoms in total. The van der Waals surface area contributed by atoms with Crippen LogP contribution in [-0.2, 0) is 10.0 Å². The van der Waals surface area contributed by atoms with E-state index in [2.05, 4.69) is 20.7 Å². The SMILES string of the molecule is CC(C)CC(N)CNS(=O)(=O)c1cc(Cl)c(Br)s1. The van der Waals surface area contributed by atoms with E-state index in [0.717, 1.165) is 17.8 Å². The highest BCUT2D eigenvalue weighted by Crippen LogP contribution is 2.34. The van der Waals surface area contributed by atoms with Gasteiger partial charge in [-0.2, -0.15) is 0 Å². The van der Waals surface area contributed by atoms with Crippen molar-refractivity contribution in [2.24, 2.45) is 11.7 Å². The lowest BCUT2D eigenvalue weighted by Crippen LogP contribution is -2.37. The molecule has 1 atom stereocenters. The molecule has 0 aliphatic carbocycles. The Bertz CT molecular complexity index is 482. The standard InChI is InChI=1S/C10H16BrClN2O2S2/c1-6(2)3-7(13)5-14-18(15,16)9-4-8(12)10(11)17-9/h4,6-7,14H,3,5,13H2,1-2H3. The molecular formula is C10H16BrClN2O2S2. The molecule has 1 unspecified atom stereocenters. The van der Waals surface area contributed by atoms with Crippen molar-refractivity contribution in [3.05, 3.63) is 14.9 Å². The van der Waals surface area contributed by atoms with Gasteiger partial charge < -0.3 is 5.73 Å². The summed E-state index contributed by atoms with van der Waals surface area (Å²) in [7, 11) is -3.52. The third-order valence-corrected chi connectivity index (χ3v) is 6.57. The number of rotatable bonds is 6. The van der Waals surface area contributed by atoms with Gasteiger partial charge in [0, 0.05) is 12.6 Å². The summed E-state index contributed by atoms with van der Waals surface area (Å²) < 4.78 is 27.2. The van der Waals surface area contributed by atoms with E-state index >= 15 is 0 Å². The number of nitrogens with one attached hydrogen (secondary N) is 1. The maximum Gasteiger partial charge on any atom is 0.250 e. The maximum atomic E-state index is 12.0. The van der Waals surface area contributed by atoms with E-state index in [4.69, 9.17) is 17.3 Å². The van der Waals surface area contributed by atoms with Crippen molar-refractivity contribution in [1.82, 2.24) is 4.72 Å². The van der Waals surface area contributed by atoms with Crippen LogP contribution in [-0.4, -0.2) is 21.0 Å². The summed E-state index contributed by atoms with van der Waals surface area (Å²) >= 11 is 10.1. The van der Waals surface area contributed by atoms with E-state index in [1.54, 1.807) is 0 Å². The largest absolute Gasteiger partial charge is 0.327 e. The summed E-state index contributed by atoms with van der Waals surface area (Å²) in [5, 5.41) is 0.395. The van der Waals surface area contributed by atoms with Gasteiger partial charge in [0.2, 0.25) is 10.0 Å². The lowest BCUT2D eigenvalue weighted by molar-refractivity contribution is 0.486. The Morgan fingerprint density at radius 3 is 2.61 bits per heavy atom. The van der Waals surface area contributed by atoms with Crippen molar-refractivity contribution in [1.29, 1.82) is 0 Å².